The van der Waals surface area contributed by atoms with E-state index in [-0.39, 0.29) is 0 Å². The van der Waals surface area contributed by atoms with Gasteiger partial charge in [0.05, 0.1) is 6.61 Å². The SMILES string of the molecule is CCCCCCOc1ccc(C(=O)NNC(=O)Nc2ccccc2)cc1. The fraction of sp³-hybridized carbons (Fsp3) is 0.300. The van der Waals surface area contributed by atoms with Gasteiger partial charge in [-0.3, -0.25) is 10.2 Å². The highest BCUT2D eigenvalue weighted by Crippen LogP contribution is 2.13. The Morgan fingerprint density at radius 3 is 2.31 bits per heavy atom. The number of carbonyl (C=O) groups is 2. The molecule has 2 rings (SSSR count). The van der Waals surface area contributed by atoms with Crippen molar-refractivity contribution in [1.29, 1.82) is 0 Å². The van der Waals surface area contributed by atoms with E-state index < -0.39 is 11.9 Å². The molecule has 0 aliphatic carbocycles. The maximum absolute atomic E-state index is 12.1. The average molecular weight is 355 g/mol. The van der Waals surface area contributed by atoms with Crippen LogP contribution in [0.4, 0.5) is 10.5 Å². The van der Waals surface area contributed by atoms with Gasteiger partial charge in [0.15, 0.2) is 0 Å². The molecule has 0 radical (unpaired) electrons. The molecule has 0 atom stereocenters. The van der Waals surface area contributed by atoms with Gasteiger partial charge in [-0.15, -0.1) is 0 Å². The summed E-state index contributed by atoms with van der Waals surface area (Å²) >= 11 is 0. The Balaban J connectivity index is 1.72. The van der Waals surface area contributed by atoms with E-state index in [0.717, 1.165) is 18.6 Å². The summed E-state index contributed by atoms with van der Waals surface area (Å²) in [4.78, 5) is 23.8. The van der Waals surface area contributed by atoms with Gasteiger partial charge in [-0.05, 0) is 42.8 Å². The van der Waals surface area contributed by atoms with Crippen LogP contribution < -0.4 is 20.9 Å². The van der Waals surface area contributed by atoms with Crippen LogP contribution in [0.25, 0.3) is 0 Å². The summed E-state index contributed by atoms with van der Waals surface area (Å²) in [7, 11) is 0. The summed E-state index contributed by atoms with van der Waals surface area (Å²) in [6.07, 6.45) is 4.60. The summed E-state index contributed by atoms with van der Waals surface area (Å²) < 4.78 is 5.64. The van der Waals surface area contributed by atoms with Gasteiger partial charge in [-0.25, -0.2) is 10.2 Å². The number of unbranched alkanes of at least 4 members (excludes halogenated alkanes) is 3. The summed E-state index contributed by atoms with van der Waals surface area (Å²) in [5.41, 5.74) is 5.75. The molecule has 2 aromatic rings. The van der Waals surface area contributed by atoms with E-state index >= 15 is 0 Å². The molecular formula is C20H25N3O3. The highest BCUT2D eigenvalue weighted by Gasteiger charge is 2.07. The quantitative estimate of drug-likeness (QED) is 0.492. The minimum absolute atomic E-state index is 0.400. The number of ether oxygens (including phenoxy) is 1. The number of para-hydroxylation sites is 1. The number of urea groups is 1. The van der Waals surface area contributed by atoms with Crippen LogP contribution in [0.1, 0.15) is 43.0 Å². The smallest absolute Gasteiger partial charge is 0.337 e. The number of amides is 3. The molecule has 0 bridgehead atoms. The lowest BCUT2D eigenvalue weighted by Crippen LogP contribution is -2.43. The molecule has 0 saturated heterocycles. The molecular weight excluding hydrogens is 330 g/mol. The Bertz CT molecular complexity index is 687. The average Bonchev–Trinajstić information content (AvgIpc) is 2.67. The minimum Gasteiger partial charge on any atom is -0.494 e. The second kappa shape index (κ2) is 10.8. The van der Waals surface area contributed by atoms with Crippen molar-refractivity contribution in [3.05, 3.63) is 60.2 Å². The molecule has 0 saturated carbocycles. The Kier molecular flexibility index (Phi) is 7.99. The molecule has 0 unspecified atom stereocenters. The van der Waals surface area contributed by atoms with Crippen molar-refractivity contribution in [2.45, 2.75) is 32.6 Å². The number of rotatable bonds is 8. The normalized spacial score (nSPS) is 10.0. The van der Waals surface area contributed by atoms with Crippen molar-refractivity contribution < 1.29 is 14.3 Å². The molecule has 0 aliphatic rings. The van der Waals surface area contributed by atoms with E-state index in [1.165, 1.54) is 12.8 Å². The third-order valence-electron chi connectivity index (χ3n) is 3.70. The first-order valence-electron chi connectivity index (χ1n) is 8.84. The maximum atomic E-state index is 12.1. The number of hydrogen-bond donors (Lipinski definition) is 3. The molecule has 26 heavy (non-hydrogen) atoms. The lowest BCUT2D eigenvalue weighted by Gasteiger charge is -2.10. The van der Waals surface area contributed by atoms with Gasteiger partial charge in [-0.1, -0.05) is 44.4 Å². The number of hydrogen-bond acceptors (Lipinski definition) is 3. The number of hydrazine groups is 1. The molecule has 0 spiro atoms. The van der Waals surface area contributed by atoms with Crippen LogP contribution in [0.2, 0.25) is 0 Å². The van der Waals surface area contributed by atoms with Crippen molar-refractivity contribution >= 4 is 17.6 Å². The zero-order valence-corrected chi connectivity index (χ0v) is 15.0. The predicted octanol–water partition coefficient (Wildman–Crippen LogP) is 4.11. The van der Waals surface area contributed by atoms with Crippen LogP contribution in [0.15, 0.2) is 54.6 Å². The monoisotopic (exact) mass is 355 g/mol. The topological polar surface area (TPSA) is 79.5 Å². The Morgan fingerprint density at radius 2 is 1.62 bits per heavy atom. The Hall–Kier alpha value is -3.02. The van der Waals surface area contributed by atoms with Crippen molar-refractivity contribution in [1.82, 2.24) is 10.9 Å². The van der Waals surface area contributed by atoms with Crippen molar-refractivity contribution in [3.8, 4) is 5.75 Å². The van der Waals surface area contributed by atoms with E-state index in [2.05, 4.69) is 23.1 Å². The first kappa shape index (κ1) is 19.3. The Morgan fingerprint density at radius 1 is 0.885 bits per heavy atom. The van der Waals surface area contributed by atoms with Crippen LogP contribution in [0.5, 0.6) is 5.75 Å². The number of benzene rings is 2. The molecule has 6 heteroatoms. The van der Waals surface area contributed by atoms with Gasteiger partial charge >= 0.3 is 6.03 Å². The van der Waals surface area contributed by atoms with Crippen LogP contribution >= 0.6 is 0 Å². The van der Waals surface area contributed by atoms with Crippen molar-refractivity contribution in [2.24, 2.45) is 0 Å². The van der Waals surface area contributed by atoms with Crippen molar-refractivity contribution in [2.75, 3.05) is 11.9 Å². The van der Waals surface area contributed by atoms with Gasteiger partial charge in [-0.2, -0.15) is 0 Å². The molecule has 3 N–H and O–H groups in total. The first-order valence-corrected chi connectivity index (χ1v) is 8.84. The first-order chi connectivity index (χ1) is 12.7. The number of anilines is 1. The van der Waals surface area contributed by atoms with Gasteiger partial charge in [0.25, 0.3) is 5.91 Å². The molecule has 0 aromatic heterocycles. The zero-order valence-electron chi connectivity index (χ0n) is 15.0. The molecule has 2 aromatic carbocycles. The van der Waals surface area contributed by atoms with Crippen LogP contribution in [-0.2, 0) is 0 Å². The number of carbonyl (C=O) groups excluding carboxylic acids is 2. The van der Waals surface area contributed by atoms with E-state index in [1.807, 2.05) is 18.2 Å². The molecule has 138 valence electrons. The summed E-state index contributed by atoms with van der Waals surface area (Å²) in [6.45, 7) is 2.84. The number of nitrogens with one attached hydrogen (secondary N) is 3. The van der Waals surface area contributed by atoms with Gasteiger partial charge in [0.2, 0.25) is 0 Å². The molecule has 6 nitrogen and oxygen atoms in total. The molecule has 3 amide bonds. The van der Waals surface area contributed by atoms with E-state index in [0.29, 0.717) is 17.9 Å². The summed E-state index contributed by atoms with van der Waals surface area (Å²) in [5.74, 6) is 0.329. The Labute approximate surface area is 153 Å². The van der Waals surface area contributed by atoms with Gasteiger partial charge in [0, 0.05) is 11.3 Å². The van der Waals surface area contributed by atoms with E-state index in [1.54, 1.807) is 36.4 Å². The third kappa shape index (κ3) is 6.84. The lowest BCUT2D eigenvalue weighted by molar-refractivity contribution is 0.0938. The van der Waals surface area contributed by atoms with Crippen molar-refractivity contribution in [3.63, 3.8) is 0 Å². The van der Waals surface area contributed by atoms with Crippen LogP contribution in [0.3, 0.4) is 0 Å². The largest absolute Gasteiger partial charge is 0.494 e. The highest BCUT2D eigenvalue weighted by atomic mass is 16.5. The van der Waals surface area contributed by atoms with Gasteiger partial charge in [0.1, 0.15) is 5.75 Å². The summed E-state index contributed by atoms with van der Waals surface area (Å²) in [5, 5.41) is 2.61. The third-order valence-corrected chi connectivity index (χ3v) is 3.70. The minimum atomic E-state index is -0.517. The predicted molar refractivity (Wildman–Crippen MR) is 102 cm³/mol. The fourth-order valence-electron chi connectivity index (χ4n) is 2.29. The highest BCUT2D eigenvalue weighted by molar-refractivity contribution is 5.97. The maximum Gasteiger partial charge on any atom is 0.337 e. The van der Waals surface area contributed by atoms with E-state index in [9.17, 15) is 9.59 Å². The van der Waals surface area contributed by atoms with Crippen LogP contribution in [0, 0.1) is 0 Å². The molecule has 0 aliphatic heterocycles. The van der Waals surface area contributed by atoms with Gasteiger partial charge < -0.3 is 10.1 Å². The fourth-order valence-corrected chi connectivity index (χ4v) is 2.29. The zero-order chi connectivity index (χ0) is 18.6. The second-order valence-corrected chi connectivity index (χ2v) is 5.83. The standard InChI is InChI=1S/C20H25N3O3/c1-2-3-4-8-15-26-18-13-11-16(12-14-18)19(24)22-23-20(25)21-17-9-6-5-7-10-17/h5-7,9-14H,2-4,8,15H2,1H3,(H,22,24)(H2,21,23,25). The second-order valence-electron chi connectivity index (χ2n) is 5.83. The lowest BCUT2D eigenvalue weighted by atomic mass is 10.2. The van der Waals surface area contributed by atoms with E-state index in [4.69, 9.17) is 4.74 Å². The molecule has 0 heterocycles. The van der Waals surface area contributed by atoms with Crippen LogP contribution in [-0.4, -0.2) is 18.5 Å². The summed E-state index contributed by atoms with van der Waals surface area (Å²) in [6, 6.07) is 15.3. The molecule has 0 fully saturated rings.